The summed E-state index contributed by atoms with van der Waals surface area (Å²) in [5.74, 6) is -0.0752. The van der Waals surface area contributed by atoms with Crippen molar-refractivity contribution in [3.8, 4) is 16.2 Å². The van der Waals surface area contributed by atoms with E-state index in [1.165, 1.54) is 29.7 Å². The number of piperazine rings is 1. The molecule has 1 aliphatic heterocycles. The van der Waals surface area contributed by atoms with Crippen molar-refractivity contribution in [2.45, 2.75) is 13.0 Å². The Morgan fingerprint density at radius 2 is 2.03 bits per heavy atom. The fourth-order valence-electron chi connectivity index (χ4n) is 4.81. The fourth-order valence-corrected chi connectivity index (χ4v) is 5.73. The first-order valence-electron chi connectivity index (χ1n) is 12.0. The SMILES string of the molecule is COc1ccc(C(=O)NCC2C[N+](C)(C(=O)c3nc(C)sc3-c3ccc(F)cc3)CCN2)c2ccoc12. The van der Waals surface area contributed by atoms with Gasteiger partial charge in [0.1, 0.15) is 12.4 Å². The van der Waals surface area contributed by atoms with Crippen LogP contribution in [0.3, 0.4) is 0 Å². The lowest BCUT2D eigenvalue weighted by Gasteiger charge is -2.39. The van der Waals surface area contributed by atoms with Crippen LogP contribution in [0, 0.1) is 12.7 Å². The Bertz CT molecular complexity index is 1470. The van der Waals surface area contributed by atoms with E-state index < -0.39 is 0 Å². The molecule has 2 atom stereocenters. The van der Waals surface area contributed by atoms with Gasteiger partial charge in [-0.05, 0) is 42.8 Å². The van der Waals surface area contributed by atoms with Crippen molar-refractivity contribution in [3.05, 3.63) is 70.8 Å². The van der Waals surface area contributed by atoms with E-state index in [2.05, 4.69) is 15.6 Å². The van der Waals surface area contributed by atoms with Crippen molar-refractivity contribution >= 4 is 34.1 Å². The molecule has 4 aromatic rings. The van der Waals surface area contributed by atoms with Crippen LogP contribution in [0.25, 0.3) is 21.4 Å². The molecule has 1 aliphatic rings. The molecule has 37 heavy (non-hydrogen) atoms. The van der Waals surface area contributed by atoms with Crippen LogP contribution in [-0.4, -0.2) is 67.7 Å². The molecule has 2 amide bonds. The summed E-state index contributed by atoms with van der Waals surface area (Å²) in [5, 5.41) is 7.87. The van der Waals surface area contributed by atoms with E-state index in [-0.39, 0.29) is 28.2 Å². The number of aromatic nitrogens is 1. The molecule has 2 N–H and O–H groups in total. The molecule has 2 aromatic carbocycles. The minimum atomic E-state index is -0.327. The summed E-state index contributed by atoms with van der Waals surface area (Å²) in [7, 11) is 3.46. The van der Waals surface area contributed by atoms with Crippen LogP contribution in [-0.2, 0) is 0 Å². The summed E-state index contributed by atoms with van der Waals surface area (Å²) in [6.07, 6.45) is 1.53. The van der Waals surface area contributed by atoms with Gasteiger partial charge >= 0.3 is 5.91 Å². The first kappa shape index (κ1) is 25.1. The number of ether oxygens (including phenoxy) is 1. The standard InChI is InChI=1S/C27H27FN4O4S/c1-16-31-23(25(37-16)17-4-6-18(28)7-5-17)27(34)32(2)12-11-29-19(15-32)14-30-26(33)21-8-9-22(35-3)24-20(21)10-13-36-24/h4-10,13,19,29H,11-12,14-15H2,1-3H3/p+1. The van der Waals surface area contributed by atoms with Gasteiger partial charge in [-0.2, -0.15) is 0 Å². The monoisotopic (exact) mass is 523 g/mol. The zero-order valence-corrected chi connectivity index (χ0v) is 21.7. The normalized spacial score (nSPS) is 19.6. The number of furan rings is 1. The van der Waals surface area contributed by atoms with Gasteiger partial charge in [0.15, 0.2) is 17.0 Å². The topological polar surface area (TPSA) is 93.5 Å². The summed E-state index contributed by atoms with van der Waals surface area (Å²) >= 11 is 1.43. The minimum absolute atomic E-state index is 0.0863. The molecule has 192 valence electrons. The third-order valence-electron chi connectivity index (χ3n) is 6.75. The number of likely N-dealkylation sites (N-methyl/N-ethyl adjacent to an activating group) is 1. The van der Waals surface area contributed by atoms with Crippen LogP contribution in [0.2, 0.25) is 0 Å². The van der Waals surface area contributed by atoms with Gasteiger partial charge < -0.3 is 19.8 Å². The van der Waals surface area contributed by atoms with Gasteiger partial charge in [0.05, 0.1) is 48.5 Å². The number of hydrogen-bond acceptors (Lipinski definition) is 7. The number of thiazole rings is 1. The first-order valence-corrected chi connectivity index (χ1v) is 12.8. The Labute approximate surface area is 217 Å². The minimum Gasteiger partial charge on any atom is -0.493 e. The number of aryl methyl sites for hydroxylation is 1. The van der Waals surface area contributed by atoms with Crippen molar-refractivity contribution in [1.29, 1.82) is 0 Å². The van der Waals surface area contributed by atoms with Crippen LogP contribution in [0.5, 0.6) is 5.75 Å². The number of methoxy groups -OCH3 is 1. The van der Waals surface area contributed by atoms with Gasteiger partial charge in [-0.25, -0.2) is 14.2 Å². The van der Waals surface area contributed by atoms with Gasteiger partial charge in [-0.1, -0.05) is 12.1 Å². The average molecular weight is 524 g/mol. The summed E-state index contributed by atoms with van der Waals surface area (Å²) in [6.45, 7) is 3.92. The van der Waals surface area contributed by atoms with Crippen molar-refractivity contribution in [3.63, 3.8) is 0 Å². The third kappa shape index (κ3) is 4.87. The fraction of sp³-hybridized carbons (Fsp3) is 0.296. The Hall–Kier alpha value is -3.60. The number of halogens is 1. The number of nitrogens with one attached hydrogen (secondary N) is 2. The van der Waals surface area contributed by atoms with E-state index in [9.17, 15) is 14.0 Å². The number of benzene rings is 2. The molecule has 2 unspecified atom stereocenters. The Morgan fingerprint density at radius 1 is 1.24 bits per heavy atom. The molecule has 0 radical (unpaired) electrons. The highest BCUT2D eigenvalue weighted by atomic mass is 32.1. The summed E-state index contributed by atoms with van der Waals surface area (Å²) in [6, 6.07) is 11.2. The number of carbonyl (C=O) groups excluding carboxylic acids is 2. The largest absolute Gasteiger partial charge is 0.493 e. The van der Waals surface area contributed by atoms with E-state index in [0.29, 0.717) is 54.2 Å². The third-order valence-corrected chi connectivity index (χ3v) is 7.77. The quantitative estimate of drug-likeness (QED) is 0.371. The second-order valence-corrected chi connectivity index (χ2v) is 10.6. The van der Waals surface area contributed by atoms with Gasteiger partial charge in [-0.3, -0.25) is 9.28 Å². The van der Waals surface area contributed by atoms with Crippen molar-refractivity contribution in [1.82, 2.24) is 15.6 Å². The molecular weight excluding hydrogens is 495 g/mol. The van der Waals surface area contributed by atoms with Crippen LogP contribution in [0.4, 0.5) is 4.39 Å². The highest BCUT2D eigenvalue weighted by Gasteiger charge is 2.41. The Balaban J connectivity index is 1.31. The Kier molecular flexibility index (Phi) is 6.80. The molecule has 10 heteroatoms. The number of hydrogen-bond donors (Lipinski definition) is 2. The van der Waals surface area contributed by atoms with Gasteiger partial charge in [0.2, 0.25) is 0 Å². The van der Waals surface area contributed by atoms with Crippen LogP contribution in [0.1, 0.15) is 25.9 Å². The number of quaternary nitrogens is 1. The predicted octanol–water partition coefficient (Wildman–Crippen LogP) is 4.00. The zero-order valence-electron chi connectivity index (χ0n) is 20.8. The van der Waals surface area contributed by atoms with Crippen molar-refractivity contribution in [2.75, 3.05) is 40.3 Å². The molecule has 5 rings (SSSR count). The molecule has 3 heterocycles. The maximum atomic E-state index is 13.8. The molecular formula is C27H28FN4O4S+. The molecule has 1 fully saturated rings. The number of amides is 2. The molecule has 0 bridgehead atoms. The molecule has 0 spiro atoms. The molecule has 2 aromatic heterocycles. The lowest BCUT2D eigenvalue weighted by atomic mass is 10.1. The number of rotatable bonds is 6. The maximum absolute atomic E-state index is 13.8. The lowest BCUT2D eigenvalue weighted by molar-refractivity contribution is -0.833. The molecule has 0 aliphatic carbocycles. The van der Waals surface area contributed by atoms with Gasteiger partial charge in [0, 0.05) is 18.5 Å². The highest BCUT2D eigenvalue weighted by molar-refractivity contribution is 7.15. The van der Waals surface area contributed by atoms with Crippen LogP contribution in [0.15, 0.2) is 53.1 Å². The number of carbonyl (C=O) groups is 2. The van der Waals surface area contributed by atoms with E-state index >= 15 is 0 Å². The molecule has 1 saturated heterocycles. The zero-order chi connectivity index (χ0) is 26.2. The average Bonchev–Trinajstić information content (AvgIpc) is 3.54. The van der Waals surface area contributed by atoms with Crippen LogP contribution >= 0.6 is 11.3 Å². The van der Waals surface area contributed by atoms with E-state index in [1.54, 1.807) is 37.4 Å². The Morgan fingerprint density at radius 3 is 2.78 bits per heavy atom. The van der Waals surface area contributed by atoms with Crippen LogP contribution < -0.4 is 15.4 Å². The van der Waals surface area contributed by atoms with Gasteiger partial charge in [-0.15, -0.1) is 11.3 Å². The summed E-state index contributed by atoms with van der Waals surface area (Å²) in [4.78, 5) is 32.1. The number of nitrogens with zero attached hydrogens (tertiary/aromatic N) is 2. The predicted molar refractivity (Wildman–Crippen MR) is 139 cm³/mol. The summed E-state index contributed by atoms with van der Waals surface area (Å²) in [5.41, 5.74) is 2.19. The van der Waals surface area contributed by atoms with Gasteiger partial charge in [0.25, 0.3) is 5.91 Å². The number of fused-ring (bicyclic) bond motifs is 1. The second-order valence-electron chi connectivity index (χ2n) is 9.36. The summed E-state index contributed by atoms with van der Waals surface area (Å²) < 4.78 is 24.4. The van der Waals surface area contributed by atoms with E-state index in [0.717, 1.165) is 15.4 Å². The molecule has 0 saturated carbocycles. The highest BCUT2D eigenvalue weighted by Crippen LogP contribution is 2.33. The maximum Gasteiger partial charge on any atom is 0.365 e. The molecule has 8 nitrogen and oxygen atoms in total. The second kappa shape index (κ2) is 10.0. The van der Waals surface area contributed by atoms with Crippen molar-refractivity contribution < 1.29 is 27.6 Å². The smallest absolute Gasteiger partial charge is 0.365 e. The van der Waals surface area contributed by atoms with E-state index in [1.807, 2.05) is 14.0 Å². The first-order chi connectivity index (χ1) is 17.8. The van der Waals surface area contributed by atoms with Crippen molar-refractivity contribution in [2.24, 2.45) is 0 Å². The van der Waals surface area contributed by atoms with E-state index in [4.69, 9.17) is 9.15 Å². The lowest BCUT2D eigenvalue weighted by Crippen LogP contribution is -2.65.